The zero-order chi connectivity index (χ0) is 13.7. The highest BCUT2D eigenvalue weighted by molar-refractivity contribution is 5.17. The number of hydrogen-bond donors (Lipinski definition) is 1. The Balaban J connectivity index is 1.84. The number of benzene rings is 1. The summed E-state index contributed by atoms with van der Waals surface area (Å²) in [4.78, 5) is 0. The fourth-order valence-corrected chi connectivity index (χ4v) is 2.62. The third kappa shape index (κ3) is 3.56. The summed E-state index contributed by atoms with van der Waals surface area (Å²) in [7, 11) is 1.77. The molecule has 0 saturated heterocycles. The molecule has 1 aliphatic carbocycles. The van der Waals surface area contributed by atoms with Crippen LogP contribution in [0.15, 0.2) is 30.3 Å². The third-order valence-electron chi connectivity index (χ3n) is 3.83. The smallest absolute Gasteiger partial charge is 0.0987 e. The first-order valence-electron chi connectivity index (χ1n) is 7.22. The van der Waals surface area contributed by atoms with Crippen molar-refractivity contribution in [3.8, 4) is 0 Å². The van der Waals surface area contributed by atoms with E-state index in [-0.39, 0.29) is 18.3 Å². The minimum absolute atomic E-state index is 0.121. The summed E-state index contributed by atoms with van der Waals surface area (Å²) in [5.74, 6) is 0. The van der Waals surface area contributed by atoms with E-state index < -0.39 is 0 Å². The van der Waals surface area contributed by atoms with Gasteiger partial charge in [0.15, 0.2) is 0 Å². The van der Waals surface area contributed by atoms with Gasteiger partial charge in [-0.3, -0.25) is 0 Å². The van der Waals surface area contributed by atoms with E-state index in [2.05, 4.69) is 43.4 Å². The quantitative estimate of drug-likeness (QED) is 0.820. The van der Waals surface area contributed by atoms with Crippen LogP contribution in [0.4, 0.5) is 0 Å². The molecule has 1 aromatic rings. The Morgan fingerprint density at radius 3 is 2.68 bits per heavy atom. The summed E-state index contributed by atoms with van der Waals surface area (Å²) in [5, 5.41) is 3.51. The first-order chi connectivity index (χ1) is 9.26. The molecular weight excluding hydrogens is 238 g/mol. The van der Waals surface area contributed by atoms with Gasteiger partial charge in [-0.05, 0) is 31.9 Å². The molecule has 0 amide bonds. The van der Waals surface area contributed by atoms with E-state index in [9.17, 15) is 0 Å². The molecule has 3 heteroatoms. The fourth-order valence-electron chi connectivity index (χ4n) is 2.62. The van der Waals surface area contributed by atoms with Crippen molar-refractivity contribution >= 4 is 0 Å². The molecule has 0 aromatic heterocycles. The van der Waals surface area contributed by atoms with E-state index in [4.69, 9.17) is 9.47 Å². The summed E-state index contributed by atoms with van der Waals surface area (Å²) in [6, 6.07) is 10.8. The summed E-state index contributed by atoms with van der Waals surface area (Å²) in [6.45, 7) is 5.33. The molecule has 4 unspecified atom stereocenters. The average molecular weight is 263 g/mol. The monoisotopic (exact) mass is 263 g/mol. The summed E-state index contributed by atoms with van der Waals surface area (Å²) < 4.78 is 11.7. The number of hydrogen-bond acceptors (Lipinski definition) is 3. The number of rotatable bonds is 7. The molecule has 106 valence electrons. The van der Waals surface area contributed by atoms with Crippen molar-refractivity contribution in [1.29, 1.82) is 0 Å². The topological polar surface area (TPSA) is 30.5 Å². The predicted octanol–water partition coefficient (Wildman–Crippen LogP) is 2.92. The van der Waals surface area contributed by atoms with Crippen molar-refractivity contribution < 1.29 is 9.47 Å². The van der Waals surface area contributed by atoms with E-state index in [1.165, 1.54) is 5.56 Å². The van der Waals surface area contributed by atoms with Gasteiger partial charge in [-0.25, -0.2) is 0 Å². The highest BCUT2D eigenvalue weighted by Crippen LogP contribution is 2.31. The predicted molar refractivity (Wildman–Crippen MR) is 77.2 cm³/mol. The summed E-state index contributed by atoms with van der Waals surface area (Å²) in [6.07, 6.45) is 2.69. The van der Waals surface area contributed by atoms with Gasteiger partial charge >= 0.3 is 0 Å². The molecule has 4 atom stereocenters. The van der Waals surface area contributed by atoms with Crippen molar-refractivity contribution in [3.63, 3.8) is 0 Å². The summed E-state index contributed by atoms with van der Waals surface area (Å²) >= 11 is 0. The molecule has 0 bridgehead atoms. The van der Waals surface area contributed by atoms with E-state index in [1.54, 1.807) is 7.11 Å². The van der Waals surface area contributed by atoms with E-state index in [0.29, 0.717) is 6.04 Å². The Kier molecular flexibility index (Phi) is 5.37. The highest BCUT2D eigenvalue weighted by atomic mass is 16.5. The van der Waals surface area contributed by atoms with Crippen LogP contribution in [0.5, 0.6) is 0 Å². The van der Waals surface area contributed by atoms with Gasteiger partial charge in [0.25, 0.3) is 0 Å². The minimum Gasteiger partial charge on any atom is -0.377 e. The van der Waals surface area contributed by atoms with Crippen molar-refractivity contribution in [2.75, 3.05) is 13.7 Å². The van der Waals surface area contributed by atoms with Crippen LogP contribution in [-0.2, 0) is 9.47 Å². The summed E-state index contributed by atoms with van der Waals surface area (Å²) in [5.41, 5.74) is 1.22. The molecule has 1 aliphatic rings. The lowest BCUT2D eigenvalue weighted by Gasteiger charge is -2.44. The SMILES string of the molecule is CCCNC1CC(OC(C)c2ccccc2)C1OC. The lowest BCUT2D eigenvalue weighted by Crippen LogP contribution is -2.60. The van der Waals surface area contributed by atoms with Crippen molar-refractivity contribution in [2.45, 2.75) is 51.0 Å². The average Bonchev–Trinajstić information content (AvgIpc) is 2.43. The number of ether oxygens (including phenoxy) is 2. The molecule has 0 spiro atoms. The first-order valence-corrected chi connectivity index (χ1v) is 7.22. The number of methoxy groups -OCH3 is 1. The van der Waals surface area contributed by atoms with Crippen LogP contribution in [0.2, 0.25) is 0 Å². The molecule has 0 aliphatic heterocycles. The van der Waals surface area contributed by atoms with Crippen molar-refractivity contribution in [3.05, 3.63) is 35.9 Å². The van der Waals surface area contributed by atoms with Crippen LogP contribution in [0, 0.1) is 0 Å². The zero-order valence-electron chi connectivity index (χ0n) is 12.1. The van der Waals surface area contributed by atoms with E-state index in [1.807, 2.05) is 6.07 Å². The van der Waals surface area contributed by atoms with Gasteiger partial charge in [0, 0.05) is 13.2 Å². The highest BCUT2D eigenvalue weighted by Gasteiger charge is 2.42. The van der Waals surface area contributed by atoms with Crippen LogP contribution in [0.1, 0.15) is 38.4 Å². The second-order valence-corrected chi connectivity index (χ2v) is 5.22. The van der Waals surface area contributed by atoms with Gasteiger partial charge in [0.2, 0.25) is 0 Å². The zero-order valence-corrected chi connectivity index (χ0v) is 12.1. The van der Waals surface area contributed by atoms with Crippen LogP contribution in [-0.4, -0.2) is 31.9 Å². The van der Waals surface area contributed by atoms with Gasteiger partial charge in [0.1, 0.15) is 0 Å². The second-order valence-electron chi connectivity index (χ2n) is 5.22. The molecule has 1 N–H and O–H groups in total. The van der Waals surface area contributed by atoms with Crippen molar-refractivity contribution in [2.24, 2.45) is 0 Å². The maximum atomic E-state index is 6.12. The van der Waals surface area contributed by atoms with Gasteiger partial charge in [-0.1, -0.05) is 37.3 Å². The first kappa shape index (κ1) is 14.5. The van der Waals surface area contributed by atoms with E-state index >= 15 is 0 Å². The van der Waals surface area contributed by atoms with E-state index in [0.717, 1.165) is 19.4 Å². The van der Waals surface area contributed by atoms with Crippen LogP contribution < -0.4 is 5.32 Å². The fraction of sp³-hybridized carbons (Fsp3) is 0.625. The number of nitrogens with one attached hydrogen (secondary N) is 1. The van der Waals surface area contributed by atoms with Gasteiger partial charge in [-0.15, -0.1) is 0 Å². The van der Waals surface area contributed by atoms with Gasteiger partial charge in [-0.2, -0.15) is 0 Å². The molecule has 19 heavy (non-hydrogen) atoms. The normalized spacial score (nSPS) is 27.8. The van der Waals surface area contributed by atoms with Crippen LogP contribution in [0.25, 0.3) is 0 Å². The molecular formula is C16H25NO2. The molecule has 2 rings (SSSR count). The Morgan fingerprint density at radius 2 is 2.05 bits per heavy atom. The Hall–Kier alpha value is -0.900. The van der Waals surface area contributed by atoms with Gasteiger partial charge in [0.05, 0.1) is 18.3 Å². The Bertz CT molecular complexity index is 368. The standard InChI is InChI=1S/C16H25NO2/c1-4-10-17-14-11-15(16(14)18-3)19-12(2)13-8-6-5-7-9-13/h5-9,12,14-17H,4,10-11H2,1-3H3. The maximum Gasteiger partial charge on any atom is 0.0987 e. The lowest BCUT2D eigenvalue weighted by atomic mass is 9.85. The maximum absolute atomic E-state index is 6.12. The Labute approximate surface area is 116 Å². The third-order valence-corrected chi connectivity index (χ3v) is 3.83. The molecule has 0 heterocycles. The molecule has 1 saturated carbocycles. The lowest BCUT2D eigenvalue weighted by molar-refractivity contribution is -0.155. The second kappa shape index (κ2) is 7.04. The van der Waals surface area contributed by atoms with Crippen molar-refractivity contribution in [1.82, 2.24) is 5.32 Å². The van der Waals surface area contributed by atoms with Crippen LogP contribution >= 0.6 is 0 Å². The van der Waals surface area contributed by atoms with Crippen LogP contribution in [0.3, 0.4) is 0 Å². The molecule has 1 aromatic carbocycles. The molecule has 1 fully saturated rings. The molecule has 3 nitrogen and oxygen atoms in total. The Morgan fingerprint density at radius 1 is 1.32 bits per heavy atom. The molecule has 0 radical (unpaired) electrons. The minimum atomic E-state index is 0.121. The van der Waals surface area contributed by atoms with Gasteiger partial charge < -0.3 is 14.8 Å². The largest absolute Gasteiger partial charge is 0.377 e.